The van der Waals surface area contributed by atoms with Crippen molar-refractivity contribution < 1.29 is 4.74 Å². The van der Waals surface area contributed by atoms with Gasteiger partial charge in [0.15, 0.2) is 0 Å². The largest absolute Gasteiger partial charge is 0.371 e. The van der Waals surface area contributed by atoms with Gasteiger partial charge in [0.2, 0.25) is 0 Å². The Balaban J connectivity index is 2.24. The highest BCUT2D eigenvalue weighted by Crippen LogP contribution is 2.30. The van der Waals surface area contributed by atoms with Crippen molar-refractivity contribution in [3.63, 3.8) is 0 Å². The summed E-state index contributed by atoms with van der Waals surface area (Å²) in [6, 6.07) is 4.10. The molecule has 74 valence electrons. The predicted octanol–water partition coefficient (Wildman–Crippen LogP) is 2.66. The Morgan fingerprint density at radius 1 is 1.29 bits per heavy atom. The summed E-state index contributed by atoms with van der Waals surface area (Å²) in [4.78, 5) is 4.02. The van der Waals surface area contributed by atoms with Gasteiger partial charge in [-0.05, 0) is 37.1 Å². The molecule has 0 saturated heterocycles. The van der Waals surface area contributed by atoms with Gasteiger partial charge >= 0.3 is 0 Å². The molecule has 2 rings (SSSR count). The fourth-order valence-electron chi connectivity index (χ4n) is 1.74. The van der Waals surface area contributed by atoms with Crippen molar-refractivity contribution >= 4 is 5.57 Å². The van der Waals surface area contributed by atoms with Crippen molar-refractivity contribution in [1.82, 2.24) is 4.98 Å². The van der Waals surface area contributed by atoms with E-state index in [9.17, 15) is 0 Å². The van der Waals surface area contributed by atoms with Gasteiger partial charge in [-0.15, -0.1) is 0 Å². The van der Waals surface area contributed by atoms with Gasteiger partial charge in [-0.25, -0.2) is 0 Å². The Kier molecular flexibility index (Phi) is 2.38. The highest BCUT2D eigenvalue weighted by atomic mass is 16.5. The highest BCUT2D eigenvalue weighted by Gasteiger charge is 2.23. The molecule has 0 aliphatic carbocycles. The lowest BCUT2D eigenvalue weighted by atomic mass is 9.92. The van der Waals surface area contributed by atoms with Crippen LogP contribution >= 0.6 is 0 Å². The third-order valence-corrected chi connectivity index (χ3v) is 2.47. The zero-order valence-electron chi connectivity index (χ0n) is 8.66. The van der Waals surface area contributed by atoms with Gasteiger partial charge in [-0.3, -0.25) is 4.98 Å². The average Bonchev–Trinajstić information content (AvgIpc) is 2.18. The second kappa shape index (κ2) is 3.54. The van der Waals surface area contributed by atoms with E-state index in [-0.39, 0.29) is 5.60 Å². The SMILES string of the molecule is CC1(C)CC(c2ccncc2)=CCO1. The maximum absolute atomic E-state index is 5.63. The van der Waals surface area contributed by atoms with E-state index in [1.165, 1.54) is 11.1 Å². The zero-order valence-corrected chi connectivity index (χ0v) is 8.66. The van der Waals surface area contributed by atoms with Crippen molar-refractivity contribution in [2.75, 3.05) is 6.61 Å². The summed E-state index contributed by atoms with van der Waals surface area (Å²) in [5.74, 6) is 0. The molecule has 1 aliphatic heterocycles. The number of rotatable bonds is 1. The summed E-state index contributed by atoms with van der Waals surface area (Å²) in [6.45, 7) is 4.97. The smallest absolute Gasteiger partial charge is 0.0671 e. The lowest BCUT2D eigenvalue weighted by Crippen LogP contribution is -2.28. The van der Waals surface area contributed by atoms with E-state index in [1.807, 2.05) is 24.5 Å². The normalized spacial score (nSPS) is 20.3. The molecule has 1 aromatic rings. The monoisotopic (exact) mass is 189 g/mol. The number of hydrogen-bond donors (Lipinski definition) is 0. The van der Waals surface area contributed by atoms with Gasteiger partial charge in [0, 0.05) is 18.8 Å². The maximum Gasteiger partial charge on any atom is 0.0671 e. The summed E-state index contributed by atoms with van der Waals surface area (Å²) < 4.78 is 5.63. The average molecular weight is 189 g/mol. The Labute approximate surface area is 84.6 Å². The van der Waals surface area contributed by atoms with Crippen LogP contribution in [0.4, 0.5) is 0 Å². The summed E-state index contributed by atoms with van der Waals surface area (Å²) in [7, 11) is 0. The fourth-order valence-corrected chi connectivity index (χ4v) is 1.74. The molecule has 1 aromatic heterocycles. The van der Waals surface area contributed by atoms with E-state index >= 15 is 0 Å². The third-order valence-electron chi connectivity index (χ3n) is 2.47. The first kappa shape index (κ1) is 9.41. The molecular formula is C12H15NO. The van der Waals surface area contributed by atoms with Gasteiger partial charge in [-0.1, -0.05) is 6.08 Å². The van der Waals surface area contributed by atoms with Crippen molar-refractivity contribution in [3.8, 4) is 0 Å². The molecule has 0 atom stereocenters. The molecule has 0 bridgehead atoms. The summed E-state index contributed by atoms with van der Waals surface area (Å²) >= 11 is 0. The molecule has 0 N–H and O–H groups in total. The first-order valence-electron chi connectivity index (χ1n) is 4.91. The minimum Gasteiger partial charge on any atom is -0.371 e. The molecule has 0 radical (unpaired) electrons. The van der Waals surface area contributed by atoms with Crippen LogP contribution in [-0.2, 0) is 4.74 Å². The lowest BCUT2D eigenvalue weighted by Gasteiger charge is -2.30. The van der Waals surface area contributed by atoms with E-state index in [1.54, 1.807) is 0 Å². The van der Waals surface area contributed by atoms with Crippen molar-refractivity contribution in [3.05, 3.63) is 36.2 Å². The lowest BCUT2D eigenvalue weighted by molar-refractivity contribution is -0.00298. The predicted molar refractivity (Wildman–Crippen MR) is 56.9 cm³/mol. The van der Waals surface area contributed by atoms with Gasteiger partial charge in [0.25, 0.3) is 0 Å². The van der Waals surface area contributed by atoms with Crippen LogP contribution in [0.5, 0.6) is 0 Å². The van der Waals surface area contributed by atoms with Crippen LogP contribution in [0.25, 0.3) is 5.57 Å². The topological polar surface area (TPSA) is 22.1 Å². The molecule has 14 heavy (non-hydrogen) atoms. The van der Waals surface area contributed by atoms with Crippen LogP contribution in [0, 0.1) is 0 Å². The van der Waals surface area contributed by atoms with E-state index < -0.39 is 0 Å². The van der Waals surface area contributed by atoms with Crippen molar-refractivity contribution in [2.45, 2.75) is 25.9 Å². The number of nitrogens with zero attached hydrogens (tertiary/aromatic N) is 1. The summed E-state index contributed by atoms with van der Waals surface area (Å²) in [6.07, 6.45) is 6.79. The Bertz CT molecular complexity index is 341. The molecule has 2 heterocycles. The minimum atomic E-state index is -0.0344. The van der Waals surface area contributed by atoms with Crippen LogP contribution in [0.3, 0.4) is 0 Å². The first-order chi connectivity index (χ1) is 6.67. The highest BCUT2D eigenvalue weighted by molar-refractivity contribution is 5.66. The van der Waals surface area contributed by atoms with Crippen LogP contribution < -0.4 is 0 Å². The van der Waals surface area contributed by atoms with E-state index in [2.05, 4.69) is 24.9 Å². The summed E-state index contributed by atoms with van der Waals surface area (Å²) in [5, 5.41) is 0. The van der Waals surface area contributed by atoms with Crippen molar-refractivity contribution in [1.29, 1.82) is 0 Å². The van der Waals surface area contributed by atoms with Crippen LogP contribution in [0.2, 0.25) is 0 Å². The number of ether oxygens (including phenoxy) is 1. The molecule has 1 aliphatic rings. The number of hydrogen-bond acceptors (Lipinski definition) is 2. The maximum atomic E-state index is 5.63. The van der Waals surface area contributed by atoms with Gasteiger partial charge in [0.05, 0.1) is 12.2 Å². The molecule has 2 heteroatoms. The molecule has 0 fully saturated rings. The minimum absolute atomic E-state index is 0.0344. The second-order valence-corrected chi connectivity index (χ2v) is 4.21. The molecule has 2 nitrogen and oxygen atoms in total. The standard InChI is InChI=1S/C12H15NO/c1-12(2)9-11(5-8-14-12)10-3-6-13-7-4-10/h3-7H,8-9H2,1-2H3. The molecule has 0 aromatic carbocycles. The number of pyridine rings is 1. The number of aromatic nitrogens is 1. The van der Waals surface area contributed by atoms with Gasteiger partial charge < -0.3 is 4.74 Å². The quantitative estimate of drug-likeness (QED) is 0.677. The Morgan fingerprint density at radius 3 is 2.64 bits per heavy atom. The third kappa shape index (κ3) is 2.02. The second-order valence-electron chi connectivity index (χ2n) is 4.21. The van der Waals surface area contributed by atoms with Crippen LogP contribution in [-0.4, -0.2) is 17.2 Å². The molecule has 0 amide bonds. The Morgan fingerprint density at radius 2 is 2.00 bits per heavy atom. The van der Waals surface area contributed by atoms with E-state index in [0.717, 1.165) is 6.42 Å². The fraction of sp³-hybridized carbons (Fsp3) is 0.417. The Hall–Kier alpha value is -1.15. The molecular weight excluding hydrogens is 174 g/mol. The molecule has 0 saturated carbocycles. The van der Waals surface area contributed by atoms with Crippen molar-refractivity contribution in [2.24, 2.45) is 0 Å². The van der Waals surface area contributed by atoms with Crippen LogP contribution in [0.1, 0.15) is 25.8 Å². The molecule has 0 unspecified atom stereocenters. The first-order valence-corrected chi connectivity index (χ1v) is 4.91. The van der Waals surface area contributed by atoms with E-state index in [0.29, 0.717) is 6.61 Å². The van der Waals surface area contributed by atoms with Crippen LogP contribution in [0.15, 0.2) is 30.6 Å². The van der Waals surface area contributed by atoms with Gasteiger partial charge in [0.1, 0.15) is 0 Å². The van der Waals surface area contributed by atoms with E-state index in [4.69, 9.17) is 4.74 Å². The van der Waals surface area contributed by atoms with Gasteiger partial charge in [-0.2, -0.15) is 0 Å². The zero-order chi connectivity index (χ0) is 10.0. The molecule has 0 spiro atoms. The summed E-state index contributed by atoms with van der Waals surface area (Å²) in [5.41, 5.74) is 2.59.